The maximum Gasteiger partial charge on any atom is 0.336 e. The predicted molar refractivity (Wildman–Crippen MR) is 71.5 cm³/mol. The van der Waals surface area contributed by atoms with Gasteiger partial charge in [-0.05, 0) is 24.6 Å². The van der Waals surface area contributed by atoms with Crippen LogP contribution in [0.25, 0.3) is 11.0 Å². The van der Waals surface area contributed by atoms with Crippen LogP contribution < -0.4 is 10.4 Å². The Balaban J connectivity index is 2.11. The van der Waals surface area contributed by atoms with Gasteiger partial charge in [-0.25, -0.2) is 4.79 Å². The van der Waals surface area contributed by atoms with E-state index in [1.807, 2.05) is 13.0 Å². The first-order valence-corrected chi connectivity index (χ1v) is 6.03. The molecule has 19 heavy (non-hydrogen) atoms. The molecule has 4 heteroatoms. The largest absolute Gasteiger partial charge is 0.496 e. The fourth-order valence-electron chi connectivity index (χ4n) is 2.24. The molecule has 3 rings (SSSR count). The van der Waals surface area contributed by atoms with Gasteiger partial charge in [0.1, 0.15) is 23.5 Å². The van der Waals surface area contributed by atoms with Crippen molar-refractivity contribution in [1.29, 1.82) is 0 Å². The Morgan fingerprint density at radius 2 is 2.16 bits per heavy atom. The summed E-state index contributed by atoms with van der Waals surface area (Å²) in [7, 11) is 1.59. The van der Waals surface area contributed by atoms with Crippen LogP contribution in [-0.2, 0) is 4.74 Å². The number of methoxy groups -OCH3 is 1. The molecule has 0 bridgehead atoms. The maximum atomic E-state index is 11.2. The van der Waals surface area contributed by atoms with Gasteiger partial charge >= 0.3 is 5.63 Å². The Morgan fingerprint density at radius 1 is 1.37 bits per heavy atom. The van der Waals surface area contributed by atoms with Crippen molar-refractivity contribution in [3.05, 3.63) is 52.4 Å². The number of ether oxygens (including phenoxy) is 2. The topological polar surface area (TPSA) is 52.0 Å². The number of hydrogen-bond donors (Lipinski definition) is 0. The molecule has 0 saturated carbocycles. The van der Waals surface area contributed by atoms with E-state index in [1.165, 1.54) is 6.07 Å². The summed E-state index contributed by atoms with van der Waals surface area (Å²) in [5.41, 5.74) is 2.09. The van der Waals surface area contributed by atoms with Crippen LogP contribution in [0.4, 0.5) is 0 Å². The van der Waals surface area contributed by atoms with E-state index in [9.17, 15) is 4.79 Å². The molecule has 1 aliphatic heterocycles. The van der Waals surface area contributed by atoms with Gasteiger partial charge in [-0.3, -0.25) is 0 Å². The third kappa shape index (κ3) is 2.04. The van der Waals surface area contributed by atoms with Gasteiger partial charge < -0.3 is 13.9 Å². The second kappa shape index (κ2) is 4.24. The third-order valence-corrected chi connectivity index (χ3v) is 3.26. The Kier molecular flexibility index (Phi) is 2.68. The first kappa shape index (κ1) is 12.0. The molecule has 2 atom stereocenters. The zero-order valence-corrected chi connectivity index (χ0v) is 10.8. The molecule has 0 amide bonds. The maximum absolute atomic E-state index is 11.2. The van der Waals surface area contributed by atoms with Gasteiger partial charge in [0.25, 0.3) is 0 Å². The van der Waals surface area contributed by atoms with Crippen molar-refractivity contribution in [1.82, 2.24) is 0 Å². The fourth-order valence-corrected chi connectivity index (χ4v) is 2.24. The van der Waals surface area contributed by atoms with Gasteiger partial charge in [0.2, 0.25) is 0 Å². The molecule has 1 saturated heterocycles. The lowest BCUT2D eigenvalue weighted by Gasteiger charge is -2.07. The molecule has 2 heterocycles. The Labute approximate surface area is 110 Å². The average molecular weight is 258 g/mol. The molecule has 0 radical (unpaired) electrons. The molecule has 0 aliphatic carbocycles. The first-order chi connectivity index (χ1) is 9.10. The Morgan fingerprint density at radius 3 is 2.79 bits per heavy atom. The molecule has 2 aromatic rings. The van der Waals surface area contributed by atoms with Crippen LogP contribution in [-0.4, -0.2) is 13.2 Å². The van der Waals surface area contributed by atoms with E-state index in [4.69, 9.17) is 13.9 Å². The van der Waals surface area contributed by atoms with E-state index in [1.54, 1.807) is 19.2 Å². The average Bonchev–Trinajstić information content (AvgIpc) is 3.17. The van der Waals surface area contributed by atoms with Crippen LogP contribution in [0.1, 0.15) is 18.6 Å². The highest BCUT2D eigenvalue weighted by Gasteiger charge is 2.42. The summed E-state index contributed by atoms with van der Waals surface area (Å²) in [5.74, 6) is 0.663. The van der Waals surface area contributed by atoms with Crippen molar-refractivity contribution < 1.29 is 13.9 Å². The third-order valence-electron chi connectivity index (χ3n) is 3.26. The molecule has 4 nitrogen and oxygen atoms in total. The van der Waals surface area contributed by atoms with E-state index in [0.717, 1.165) is 16.5 Å². The summed E-state index contributed by atoms with van der Waals surface area (Å²) < 4.78 is 16.1. The summed E-state index contributed by atoms with van der Waals surface area (Å²) in [6.07, 6.45) is 0.0193. The second-order valence-electron chi connectivity index (χ2n) is 4.71. The van der Waals surface area contributed by atoms with Crippen LogP contribution in [0, 0.1) is 0 Å². The highest BCUT2D eigenvalue weighted by molar-refractivity contribution is 5.79. The number of benzene rings is 1. The van der Waals surface area contributed by atoms with Crippen molar-refractivity contribution >= 4 is 11.0 Å². The van der Waals surface area contributed by atoms with E-state index in [0.29, 0.717) is 11.3 Å². The van der Waals surface area contributed by atoms with Gasteiger partial charge in [0.15, 0.2) is 0 Å². The van der Waals surface area contributed by atoms with Crippen LogP contribution in [0.2, 0.25) is 0 Å². The predicted octanol–water partition coefficient (Wildman–Crippen LogP) is 2.82. The normalized spacial score (nSPS) is 21.4. The van der Waals surface area contributed by atoms with Gasteiger partial charge in [-0.1, -0.05) is 6.58 Å². The van der Waals surface area contributed by atoms with Crippen molar-refractivity contribution in [3.63, 3.8) is 0 Å². The van der Waals surface area contributed by atoms with Crippen molar-refractivity contribution in [3.8, 4) is 5.75 Å². The zero-order chi connectivity index (χ0) is 13.6. The molecule has 1 aliphatic rings. The summed E-state index contributed by atoms with van der Waals surface area (Å²) in [4.78, 5) is 11.2. The monoisotopic (exact) mass is 258 g/mol. The van der Waals surface area contributed by atoms with E-state index in [2.05, 4.69) is 6.58 Å². The number of hydrogen-bond acceptors (Lipinski definition) is 4. The van der Waals surface area contributed by atoms with E-state index >= 15 is 0 Å². The van der Waals surface area contributed by atoms with Crippen molar-refractivity contribution in [2.45, 2.75) is 19.1 Å². The lowest BCUT2D eigenvalue weighted by Crippen LogP contribution is -1.98. The van der Waals surface area contributed by atoms with E-state index < -0.39 is 0 Å². The van der Waals surface area contributed by atoms with Crippen LogP contribution in [0.15, 0.2) is 45.6 Å². The fraction of sp³-hybridized carbons (Fsp3) is 0.267. The van der Waals surface area contributed by atoms with Crippen molar-refractivity contribution in [2.75, 3.05) is 7.11 Å². The van der Waals surface area contributed by atoms with Crippen LogP contribution in [0.3, 0.4) is 0 Å². The summed E-state index contributed by atoms with van der Waals surface area (Å²) in [6.45, 7) is 5.84. The highest BCUT2D eigenvalue weighted by Crippen LogP contribution is 2.46. The molecule has 1 aromatic heterocycles. The first-order valence-electron chi connectivity index (χ1n) is 6.03. The standard InChI is InChI=1S/C15H14O4/c1-8(2)14-15(19-14)10-6-9-4-5-13(16)18-11(9)7-12(10)17-3/h4-7,14-15H,1H2,2-3H3/t14-,15+/m0/s1. The summed E-state index contributed by atoms with van der Waals surface area (Å²) in [6, 6.07) is 6.80. The lowest BCUT2D eigenvalue weighted by atomic mass is 10.0. The molecule has 98 valence electrons. The Bertz CT molecular complexity index is 714. The molecular formula is C15H14O4. The summed E-state index contributed by atoms with van der Waals surface area (Å²) in [5, 5.41) is 0.853. The zero-order valence-electron chi connectivity index (χ0n) is 10.8. The van der Waals surface area contributed by atoms with Crippen molar-refractivity contribution in [2.24, 2.45) is 0 Å². The van der Waals surface area contributed by atoms with Gasteiger partial charge in [0.05, 0.1) is 7.11 Å². The molecule has 1 aromatic carbocycles. The highest BCUT2D eigenvalue weighted by atomic mass is 16.6. The molecule has 0 N–H and O–H groups in total. The molecule has 1 fully saturated rings. The minimum atomic E-state index is -0.371. The minimum Gasteiger partial charge on any atom is -0.496 e. The lowest BCUT2D eigenvalue weighted by molar-refractivity contribution is 0.371. The van der Waals surface area contributed by atoms with Gasteiger partial charge in [-0.2, -0.15) is 0 Å². The SMILES string of the molecule is C=C(C)[C@@H]1O[C@@H]1c1cc2ccc(=O)oc2cc1OC. The van der Waals surface area contributed by atoms with Gasteiger partial charge in [-0.15, -0.1) is 0 Å². The quantitative estimate of drug-likeness (QED) is 0.482. The number of epoxide rings is 1. The number of rotatable bonds is 3. The number of fused-ring (bicyclic) bond motifs is 1. The molecule has 0 spiro atoms. The Hall–Kier alpha value is -2.07. The van der Waals surface area contributed by atoms with Crippen LogP contribution in [0.5, 0.6) is 5.75 Å². The molecular weight excluding hydrogens is 244 g/mol. The molecule has 0 unspecified atom stereocenters. The minimum absolute atomic E-state index is 0.0243. The van der Waals surface area contributed by atoms with E-state index in [-0.39, 0.29) is 17.8 Å². The second-order valence-corrected chi connectivity index (χ2v) is 4.71. The smallest absolute Gasteiger partial charge is 0.336 e. The van der Waals surface area contributed by atoms with Crippen LogP contribution >= 0.6 is 0 Å². The summed E-state index contributed by atoms with van der Waals surface area (Å²) >= 11 is 0. The van der Waals surface area contributed by atoms with Gasteiger partial charge in [0, 0.05) is 23.1 Å².